The maximum atomic E-state index is 13.7. The average Bonchev–Trinajstić information content (AvgIpc) is 3.34. The third kappa shape index (κ3) is 3.66. The molecule has 1 fully saturated rings. The number of thiophene rings is 1. The van der Waals surface area contributed by atoms with E-state index in [1.54, 1.807) is 16.2 Å². The van der Waals surface area contributed by atoms with Crippen LogP contribution in [-0.4, -0.2) is 32.9 Å². The van der Waals surface area contributed by atoms with Crippen molar-refractivity contribution in [3.8, 4) is 0 Å². The second-order valence-corrected chi connectivity index (χ2v) is 10.3. The Labute approximate surface area is 191 Å². The Bertz CT molecular complexity index is 1150. The number of carbonyl (C=O) groups excluding carboxylic acids is 2. The third-order valence-corrected chi connectivity index (χ3v) is 7.80. The van der Waals surface area contributed by atoms with E-state index < -0.39 is 5.54 Å². The summed E-state index contributed by atoms with van der Waals surface area (Å²) < 4.78 is 3.09. The van der Waals surface area contributed by atoms with E-state index in [0.717, 1.165) is 41.5 Å². The standard InChI is InChI=1S/C24H26ClN3O2S/c1-24(23(30)26-18-8-3-2-4-9-18)15-27-19-10-11-31-21(19)13-20(27)22(29)28(24)14-16-6-5-7-17(25)12-16/h5-7,10-13,18H,2-4,8-9,14-15H2,1H3,(H,26,30)/t24-/m1/s1. The lowest BCUT2D eigenvalue weighted by molar-refractivity contribution is -0.134. The van der Waals surface area contributed by atoms with Gasteiger partial charge in [0.2, 0.25) is 5.91 Å². The maximum absolute atomic E-state index is 13.7. The molecule has 5 rings (SSSR count). The van der Waals surface area contributed by atoms with Gasteiger partial charge in [0.05, 0.1) is 16.8 Å². The van der Waals surface area contributed by atoms with Gasteiger partial charge in [-0.15, -0.1) is 11.3 Å². The first-order valence-electron chi connectivity index (χ1n) is 10.9. The number of carbonyl (C=O) groups is 2. The Morgan fingerprint density at radius 3 is 2.81 bits per heavy atom. The molecule has 0 bridgehead atoms. The largest absolute Gasteiger partial charge is 0.351 e. The number of halogens is 1. The number of nitrogens with one attached hydrogen (secondary N) is 1. The zero-order valence-electron chi connectivity index (χ0n) is 17.6. The Hall–Kier alpha value is -2.31. The summed E-state index contributed by atoms with van der Waals surface area (Å²) >= 11 is 7.81. The molecule has 5 nitrogen and oxygen atoms in total. The number of nitrogens with zero attached hydrogens (tertiary/aromatic N) is 2. The topological polar surface area (TPSA) is 54.3 Å². The lowest BCUT2D eigenvalue weighted by Crippen LogP contribution is -2.64. The van der Waals surface area contributed by atoms with Crippen LogP contribution in [0.2, 0.25) is 5.02 Å². The van der Waals surface area contributed by atoms with Crippen LogP contribution in [0.4, 0.5) is 0 Å². The van der Waals surface area contributed by atoms with Crippen molar-refractivity contribution in [2.45, 2.75) is 63.7 Å². The van der Waals surface area contributed by atoms with Crippen LogP contribution >= 0.6 is 22.9 Å². The fourth-order valence-corrected chi connectivity index (χ4v) is 5.96. The van der Waals surface area contributed by atoms with Crippen LogP contribution in [0.1, 0.15) is 55.1 Å². The Balaban J connectivity index is 1.53. The van der Waals surface area contributed by atoms with Gasteiger partial charge in [0, 0.05) is 17.6 Å². The number of rotatable bonds is 4. The monoisotopic (exact) mass is 455 g/mol. The van der Waals surface area contributed by atoms with Crippen LogP contribution in [0.25, 0.3) is 10.2 Å². The van der Waals surface area contributed by atoms with E-state index in [1.807, 2.05) is 53.3 Å². The molecule has 1 N–H and O–H groups in total. The molecule has 1 aliphatic carbocycles. The molecule has 2 aliphatic rings. The predicted molar refractivity (Wildman–Crippen MR) is 125 cm³/mol. The molecule has 1 aliphatic heterocycles. The Morgan fingerprint density at radius 1 is 1.23 bits per heavy atom. The van der Waals surface area contributed by atoms with E-state index in [0.29, 0.717) is 23.8 Å². The highest BCUT2D eigenvalue weighted by Crippen LogP contribution is 2.35. The van der Waals surface area contributed by atoms with Gasteiger partial charge in [-0.1, -0.05) is 43.0 Å². The van der Waals surface area contributed by atoms with E-state index >= 15 is 0 Å². The van der Waals surface area contributed by atoms with Crippen molar-refractivity contribution < 1.29 is 9.59 Å². The van der Waals surface area contributed by atoms with Gasteiger partial charge in [-0.2, -0.15) is 0 Å². The third-order valence-electron chi connectivity index (χ3n) is 6.71. The second-order valence-electron chi connectivity index (χ2n) is 8.89. The fourth-order valence-electron chi connectivity index (χ4n) is 4.93. The molecule has 0 radical (unpaired) electrons. The molecule has 0 saturated heterocycles. The molecule has 2 aromatic heterocycles. The first kappa shape index (κ1) is 20.6. The lowest BCUT2D eigenvalue weighted by Gasteiger charge is -2.45. The van der Waals surface area contributed by atoms with Crippen molar-refractivity contribution in [2.24, 2.45) is 0 Å². The van der Waals surface area contributed by atoms with Crippen LogP contribution < -0.4 is 5.32 Å². The summed E-state index contributed by atoms with van der Waals surface area (Å²) in [5.41, 5.74) is 1.59. The zero-order valence-corrected chi connectivity index (χ0v) is 19.1. The minimum atomic E-state index is -0.988. The summed E-state index contributed by atoms with van der Waals surface area (Å²) in [7, 11) is 0. The molecule has 1 saturated carbocycles. The average molecular weight is 456 g/mol. The van der Waals surface area contributed by atoms with Crippen molar-refractivity contribution >= 4 is 45.0 Å². The van der Waals surface area contributed by atoms with Gasteiger partial charge in [-0.3, -0.25) is 9.59 Å². The number of fused-ring (bicyclic) bond motifs is 3. The van der Waals surface area contributed by atoms with Gasteiger partial charge in [0.15, 0.2) is 0 Å². The molecular formula is C24H26ClN3O2S. The molecule has 1 atom stereocenters. The lowest BCUT2D eigenvalue weighted by atomic mass is 9.91. The highest BCUT2D eigenvalue weighted by atomic mass is 35.5. The first-order valence-corrected chi connectivity index (χ1v) is 12.2. The number of hydrogen-bond donors (Lipinski definition) is 1. The van der Waals surface area contributed by atoms with Crippen LogP contribution in [0.5, 0.6) is 0 Å². The van der Waals surface area contributed by atoms with Crippen molar-refractivity contribution in [1.29, 1.82) is 0 Å². The molecule has 0 unspecified atom stereocenters. The minimum Gasteiger partial charge on any atom is -0.351 e. The van der Waals surface area contributed by atoms with E-state index in [2.05, 4.69) is 5.32 Å². The molecular weight excluding hydrogens is 430 g/mol. The summed E-state index contributed by atoms with van der Waals surface area (Å²) in [5, 5.41) is 5.92. The summed E-state index contributed by atoms with van der Waals surface area (Å²) in [5.74, 6) is -0.187. The fraction of sp³-hybridized carbons (Fsp3) is 0.417. The molecule has 162 valence electrons. The van der Waals surface area contributed by atoms with Crippen molar-refractivity contribution in [3.05, 3.63) is 58.1 Å². The molecule has 3 aromatic rings. The van der Waals surface area contributed by atoms with Crippen molar-refractivity contribution in [1.82, 2.24) is 14.8 Å². The van der Waals surface area contributed by atoms with E-state index in [9.17, 15) is 9.59 Å². The van der Waals surface area contributed by atoms with Gasteiger partial charge >= 0.3 is 0 Å². The molecule has 3 heterocycles. The predicted octanol–water partition coefficient (Wildman–Crippen LogP) is 5.22. The molecule has 0 spiro atoms. The molecule has 2 amide bonds. The summed E-state index contributed by atoms with van der Waals surface area (Å²) in [6.07, 6.45) is 5.53. The SMILES string of the molecule is C[C@]1(C(=O)NC2CCCCC2)Cn2c(cc3sccc32)C(=O)N1Cc1cccc(Cl)c1. The van der Waals surface area contributed by atoms with E-state index in [4.69, 9.17) is 11.6 Å². The number of aromatic nitrogens is 1. The zero-order chi connectivity index (χ0) is 21.6. The highest BCUT2D eigenvalue weighted by molar-refractivity contribution is 7.17. The van der Waals surface area contributed by atoms with Crippen LogP contribution in [0, 0.1) is 0 Å². The Morgan fingerprint density at radius 2 is 2.03 bits per heavy atom. The Kier molecular flexibility index (Phi) is 5.30. The number of amides is 2. The van der Waals surface area contributed by atoms with Crippen LogP contribution in [0.3, 0.4) is 0 Å². The van der Waals surface area contributed by atoms with Gasteiger partial charge in [0.1, 0.15) is 11.2 Å². The van der Waals surface area contributed by atoms with Crippen molar-refractivity contribution in [3.63, 3.8) is 0 Å². The molecule has 31 heavy (non-hydrogen) atoms. The summed E-state index contributed by atoms with van der Waals surface area (Å²) in [6.45, 7) is 2.68. The molecule has 7 heteroatoms. The van der Waals surface area contributed by atoms with Crippen LogP contribution in [-0.2, 0) is 17.9 Å². The van der Waals surface area contributed by atoms with Crippen molar-refractivity contribution in [2.75, 3.05) is 0 Å². The van der Waals surface area contributed by atoms with Crippen LogP contribution in [0.15, 0.2) is 41.8 Å². The molecule has 1 aromatic carbocycles. The summed E-state index contributed by atoms with van der Waals surface area (Å²) in [6, 6.07) is 11.7. The minimum absolute atomic E-state index is 0.0718. The number of hydrogen-bond acceptors (Lipinski definition) is 3. The summed E-state index contributed by atoms with van der Waals surface area (Å²) in [4.78, 5) is 29.1. The quantitative estimate of drug-likeness (QED) is 0.586. The van der Waals surface area contributed by atoms with Gasteiger partial charge in [0.25, 0.3) is 5.91 Å². The maximum Gasteiger partial charge on any atom is 0.271 e. The van der Waals surface area contributed by atoms with E-state index in [1.165, 1.54) is 6.42 Å². The normalized spacial score (nSPS) is 22.0. The van der Waals surface area contributed by atoms with Gasteiger partial charge in [-0.25, -0.2) is 0 Å². The van der Waals surface area contributed by atoms with Gasteiger partial charge < -0.3 is 14.8 Å². The number of benzene rings is 1. The first-order chi connectivity index (χ1) is 15.0. The highest BCUT2D eigenvalue weighted by Gasteiger charge is 2.48. The second kappa shape index (κ2) is 7.99. The van der Waals surface area contributed by atoms with E-state index in [-0.39, 0.29) is 17.9 Å². The van der Waals surface area contributed by atoms with Gasteiger partial charge in [-0.05, 0) is 55.0 Å². The smallest absolute Gasteiger partial charge is 0.271 e.